The molecule has 0 bridgehead atoms. The third-order valence-corrected chi connectivity index (χ3v) is 11.1. The Balaban J connectivity index is 3.05. The van der Waals surface area contributed by atoms with Crippen LogP contribution in [0, 0.1) is 11.3 Å². The van der Waals surface area contributed by atoms with E-state index in [0.717, 1.165) is 24.8 Å². The van der Waals surface area contributed by atoms with Gasteiger partial charge in [-0.3, -0.25) is 9.59 Å². The van der Waals surface area contributed by atoms with E-state index >= 15 is 0 Å². The molecule has 0 aromatic carbocycles. The predicted octanol–water partition coefficient (Wildman–Crippen LogP) is 6.23. The highest BCUT2D eigenvalue weighted by atomic mass is 28.4. The number of hydrogen-bond acceptors (Lipinski definition) is 4. The lowest BCUT2D eigenvalue weighted by Gasteiger charge is -2.41. The van der Waals surface area contributed by atoms with E-state index in [1.54, 1.807) is 6.92 Å². The van der Waals surface area contributed by atoms with Crippen molar-refractivity contribution in [2.45, 2.75) is 92.3 Å². The van der Waals surface area contributed by atoms with E-state index < -0.39 is 8.32 Å². The lowest BCUT2D eigenvalue weighted by Crippen LogP contribution is -2.44. The lowest BCUT2D eigenvalue weighted by atomic mass is 9.64. The van der Waals surface area contributed by atoms with Crippen LogP contribution in [0.4, 0.5) is 0 Å². The zero-order valence-corrected chi connectivity index (χ0v) is 21.1. The van der Waals surface area contributed by atoms with Gasteiger partial charge in [-0.25, -0.2) is 0 Å². The van der Waals surface area contributed by atoms with Crippen LogP contribution in [0.25, 0.3) is 0 Å². The van der Waals surface area contributed by atoms with Crippen LogP contribution in [0.3, 0.4) is 0 Å². The molecule has 1 aliphatic carbocycles. The maximum atomic E-state index is 13.4. The Bertz CT molecular complexity index is 650. The van der Waals surface area contributed by atoms with Gasteiger partial charge >= 0.3 is 5.97 Å². The molecule has 0 aliphatic heterocycles. The van der Waals surface area contributed by atoms with Crippen LogP contribution in [-0.2, 0) is 18.8 Å². The Morgan fingerprint density at radius 1 is 1.31 bits per heavy atom. The van der Waals surface area contributed by atoms with Gasteiger partial charge in [0, 0.05) is 11.5 Å². The van der Waals surface area contributed by atoms with Crippen LogP contribution >= 0.6 is 0 Å². The minimum absolute atomic E-state index is 0.0581. The molecule has 0 fully saturated rings. The highest BCUT2D eigenvalue weighted by molar-refractivity contribution is 6.74. The lowest BCUT2D eigenvalue weighted by molar-refractivity contribution is -0.148. The van der Waals surface area contributed by atoms with Crippen molar-refractivity contribution >= 4 is 20.1 Å². The van der Waals surface area contributed by atoms with Gasteiger partial charge in [-0.1, -0.05) is 45.4 Å². The Labute approximate surface area is 179 Å². The van der Waals surface area contributed by atoms with Crippen molar-refractivity contribution in [1.29, 1.82) is 0 Å². The van der Waals surface area contributed by atoms with Crippen molar-refractivity contribution in [3.63, 3.8) is 0 Å². The highest BCUT2D eigenvalue weighted by Gasteiger charge is 2.44. The number of ketones is 1. The van der Waals surface area contributed by atoms with Crippen LogP contribution in [0.5, 0.6) is 0 Å². The van der Waals surface area contributed by atoms with E-state index in [9.17, 15) is 9.59 Å². The quantitative estimate of drug-likeness (QED) is 0.251. The fourth-order valence-electron chi connectivity index (χ4n) is 3.44. The summed E-state index contributed by atoms with van der Waals surface area (Å²) in [7, 11) is -1.95. The zero-order valence-electron chi connectivity index (χ0n) is 20.1. The molecule has 0 amide bonds. The van der Waals surface area contributed by atoms with Gasteiger partial charge in [0.25, 0.3) is 0 Å². The Morgan fingerprint density at radius 3 is 2.45 bits per heavy atom. The van der Waals surface area contributed by atoms with Crippen LogP contribution < -0.4 is 0 Å². The minimum atomic E-state index is -1.95. The normalized spacial score (nSPS) is 22.9. The number of rotatable bonds is 9. The second-order valence-electron chi connectivity index (χ2n) is 10.4. The SMILES string of the molecule is CCOC(=O)C[C@H]1C(=O)C(CO[Si](C)(C)C(C)(C)C)=CC[C@]1(C)CCC=C(C)C. The molecule has 0 saturated heterocycles. The van der Waals surface area contributed by atoms with E-state index in [1.165, 1.54) is 5.57 Å². The summed E-state index contributed by atoms with van der Waals surface area (Å²) in [6, 6.07) is 0. The van der Waals surface area contributed by atoms with Crippen molar-refractivity contribution in [1.82, 2.24) is 0 Å². The molecule has 1 aliphatic rings. The maximum Gasteiger partial charge on any atom is 0.306 e. The molecule has 0 unspecified atom stereocenters. The number of hydrogen-bond donors (Lipinski definition) is 0. The summed E-state index contributed by atoms with van der Waals surface area (Å²) in [6.45, 7) is 19.8. The van der Waals surface area contributed by atoms with Crippen LogP contribution in [-0.4, -0.2) is 33.3 Å². The van der Waals surface area contributed by atoms with Gasteiger partial charge in [0.15, 0.2) is 14.1 Å². The van der Waals surface area contributed by atoms with Gasteiger partial charge in [-0.15, -0.1) is 0 Å². The molecule has 0 radical (unpaired) electrons. The number of allylic oxidation sites excluding steroid dienone is 3. The van der Waals surface area contributed by atoms with Crippen molar-refractivity contribution in [3.05, 3.63) is 23.3 Å². The van der Waals surface area contributed by atoms with Crippen LogP contribution in [0.2, 0.25) is 18.1 Å². The summed E-state index contributed by atoms with van der Waals surface area (Å²) in [5.74, 6) is -0.580. The number of carbonyl (C=O) groups excluding carboxylic acids is 2. The molecule has 1 rings (SSSR count). The second kappa shape index (κ2) is 10.2. The smallest absolute Gasteiger partial charge is 0.306 e. The molecule has 0 N–H and O–H groups in total. The maximum absolute atomic E-state index is 13.4. The van der Waals surface area contributed by atoms with Crippen molar-refractivity contribution in [2.24, 2.45) is 11.3 Å². The van der Waals surface area contributed by atoms with Crippen molar-refractivity contribution in [2.75, 3.05) is 13.2 Å². The third-order valence-electron chi connectivity index (χ3n) is 6.63. The first-order chi connectivity index (χ1) is 13.2. The van der Waals surface area contributed by atoms with Crippen LogP contribution in [0.1, 0.15) is 74.1 Å². The van der Waals surface area contributed by atoms with Crippen LogP contribution in [0.15, 0.2) is 23.3 Å². The number of ether oxygens (including phenoxy) is 1. The monoisotopic (exact) mass is 422 g/mol. The molecule has 0 aromatic heterocycles. The Hall–Kier alpha value is -1.20. The summed E-state index contributed by atoms with van der Waals surface area (Å²) >= 11 is 0. The predicted molar refractivity (Wildman–Crippen MR) is 122 cm³/mol. The number of Topliss-reactive ketones (excluding diaryl/α,β-unsaturated/α-hetero) is 1. The molecule has 2 atom stereocenters. The first-order valence-electron chi connectivity index (χ1n) is 10.9. The summed E-state index contributed by atoms with van der Waals surface area (Å²) in [4.78, 5) is 25.6. The topological polar surface area (TPSA) is 52.6 Å². The van der Waals surface area contributed by atoms with Gasteiger partial charge in [0.05, 0.1) is 19.6 Å². The van der Waals surface area contributed by atoms with E-state index in [2.05, 4.69) is 66.8 Å². The molecule has 4 nitrogen and oxygen atoms in total. The van der Waals surface area contributed by atoms with E-state index in [4.69, 9.17) is 9.16 Å². The van der Waals surface area contributed by atoms with E-state index in [1.807, 2.05) is 0 Å². The molecular formula is C24H42O4Si. The molecule has 0 aromatic rings. The first-order valence-corrected chi connectivity index (χ1v) is 13.8. The number of carbonyl (C=O) groups is 2. The molecule has 29 heavy (non-hydrogen) atoms. The third kappa shape index (κ3) is 7.21. The molecule has 0 saturated carbocycles. The summed E-state index contributed by atoms with van der Waals surface area (Å²) in [5.41, 5.74) is 1.76. The molecule has 166 valence electrons. The molecular weight excluding hydrogens is 380 g/mol. The van der Waals surface area contributed by atoms with Gasteiger partial charge in [0.2, 0.25) is 0 Å². The standard InChI is InChI=1S/C24H42O4Si/c1-10-27-21(25)16-20-22(26)19(17-28-29(8,9)23(4,5)6)13-15-24(20,7)14-11-12-18(2)3/h12-13,20H,10-11,14-17H2,1-9H3/t20-,24-/m0/s1. The Kier molecular flexibility index (Phi) is 9.09. The largest absolute Gasteiger partial charge is 0.466 e. The van der Waals surface area contributed by atoms with Gasteiger partial charge < -0.3 is 9.16 Å². The minimum Gasteiger partial charge on any atom is -0.466 e. The molecule has 0 spiro atoms. The molecule has 5 heteroatoms. The van der Waals surface area contributed by atoms with Gasteiger partial charge in [0.1, 0.15) is 0 Å². The van der Waals surface area contributed by atoms with Crippen molar-refractivity contribution in [3.8, 4) is 0 Å². The van der Waals surface area contributed by atoms with E-state index in [0.29, 0.717) is 13.2 Å². The summed E-state index contributed by atoms with van der Waals surface area (Å²) in [5, 5.41) is 0.0917. The average molecular weight is 423 g/mol. The highest BCUT2D eigenvalue weighted by Crippen LogP contribution is 2.45. The average Bonchev–Trinajstić information content (AvgIpc) is 2.57. The van der Waals surface area contributed by atoms with Gasteiger partial charge in [-0.2, -0.15) is 0 Å². The Morgan fingerprint density at radius 2 is 1.93 bits per heavy atom. The van der Waals surface area contributed by atoms with Crippen molar-refractivity contribution < 1.29 is 18.8 Å². The summed E-state index contributed by atoms with van der Waals surface area (Å²) in [6.07, 6.45) is 6.98. The first kappa shape index (κ1) is 25.8. The number of esters is 1. The van der Waals surface area contributed by atoms with Gasteiger partial charge in [-0.05, 0) is 63.6 Å². The fourth-order valence-corrected chi connectivity index (χ4v) is 4.39. The summed E-state index contributed by atoms with van der Waals surface area (Å²) < 4.78 is 11.5. The molecule has 0 heterocycles. The fraction of sp³-hybridized carbons (Fsp3) is 0.750. The van der Waals surface area contributed by atoms with E-state index in [-0.39, 0.29) is 34.5 Å². The zero-order chi connectivity index (χ0) is 22.5. The second-order valence-corrected chi connectivity index (χ2v) is 15.2.